The molecule has 61 heavy (non-hydrogen) atoms. The molecule has 0 N–H and O–H groups in total. The van der Waals surface area contributed by atoms with Gasteiger partial charge < -0.3 is 47.4 Å². The second-order valence-corrected chi connectivity index (χ2v) is 12.8. The van der Waals surface area contributed by atoms with Crippen LogP contribution in [0.25, 0.3) is 11.1 Å². The number of ether oxygens (including phenoxy) is 10. The molecule has 0 saturated carbocycles. The normalized spacial score (nSPS) is 10.5. The van der Waals surface area contributed by atoms with Crippen molar-refractivity contribution in [3.05, 3.63) is 137 Å². The summed E-state index contributed by atoms with van der Waals surface area (Å²) in [4.78, 5) is 55.9. The van der Waals surface area contributed by atoms with Gasteiger partial charge in [0.15, 0.2) is 23.0 Å². The van der Waals surface area contributed by atoms with E-state index in [9.17, 15) is 19.2 Å². The van der Waals surface area contributed by atoms with Crippen molar-refractivity contribution in [3.8, 4) is 68.8 Å². The van der Waals surface area contributed by atoms with Gasteiger partial charge in [-0.25, -0.2) is 24.2 Å². The molecular formula is C46H39NO14. The predicted molar refractivity (Wildman–Crippen MR) is 219 cm³/mol. The predicted octanol–water partition coefficient (Wildman–Crippen LogP) is 7.99. The van der Waals surface area contributed by atoms with E-state index in [-0.39, 0.29) is 51.1 Å². The Balaban J connectivity index is 1.03. The van der Waals surface area contributed by atoms with Gasteiger partial charge in [-0.2, -0.15) is 0 Å². The van der Waals surface area contributed by atoms with Gasteiger partial charge in [-0.05, 0) is 78.2 Å². The number of carbonyl (C=O) groups excluding carboxylic acids is 4. The molecule has 15 heteroatoms. The minimum absolute atomic E-state index is 0.0529. The summed E-state index contributed by atoms with van der Waals surface area (Å²) in [6, 6.07) is 26.8. The van der Waals surface area contributed by atoms with E-state index in [2.05, 4.69) is 4.98 Å². The number of aryl methyl sites for hydroxylation is 1. The highest BCUT2D eigenvalue weighted by Crippen LogP contribution is 2.37. The van der Waals surface area contributed by atoms with Crippen molar-refractivity contribution in [2.24, 2.45) is 0 Å². The maximum atomic E-state index is 13.0. The average Bonchev–Trinajstić information content (AvgIpc) is 3.29. The fourth-order valence-corrected chi connectivity index (χ4v) is 5.89. The van der Waals surface area contributed by atoms with E-state index in [1.807, 2.05) is 6.07 Å². The molecule has 15 nitrogen and oxygen atoms in total. The Morgan fingerprint density at radius 1 is 0.393 bits per heavy atom. The number of pyridine rings is 1. The van der Waals surface area contributed by atoms with Crippen LogP contribution in [0.15, 0.2) is 109 Å². The lowest BCUT2D eigenvalue weighted by Crippen LogP contribution is -2.13. The first-order chi connectivity index (χ1) is 29.5. The summed E-state index contributed by atoms with van der Waals surface area (Å²) < 4.78 is 53.8. The molecular weight excluding hydrogens is 790 g/mol. The smallest absolute Gasteiger partial charge is 0.348 e. The standard InChI is InChI=1S/C46H39NO14/c1-26-20-29(12-18-35(26)60-43(48)28-10-16-32(17-11-28)59-45(50)33-21-38(54-4)40(56-6)23-36(33)52-2)27-8-14-31(15-9-27)58-44(49)30-13-19-42(47-25-30)61-46(51)34-22-39(55-5)41(57-7)24-37(34)53-3/h8-25H,1-7H3. The third-order valence-electron chi connectivity index (χ3n) is 9.10. The largest absolute Gasteiger partial charge is 0.496 e. The first kappa shape index (κ1) is 42.5. The van der Waals surface area contributed by atoms with Crippen LogP contribution in [-0.2, 0) is 0 Å². The number of esters is 4. The van der Waals surface area contributed by atoms with Crippen molar-refractivity contribution in [1.29, 1.82) is 0 Å². The van der Waals surface area contributed by atoms with Gasteiger partial charge >= 0.3 is 23.9 Å². The molecule has 0 atom stereocenters. The third kappa shape index (κ3) is 9.80. The monoisotopic (exact) mass is 829 g/mol. The van der Waals surface area contributed by atoms with Crippen LogP contribution >= 0.6 is 0 Å². The molecule has 0 fully saturated rings. The van der Waals surface area contributed by atoms with E-state index in [0.29, 0.717) is 34.3 Å². The van der Waals surface area contributed by atoms with E-state index in [1.165, 1.54) is 110 Å². The van der Waals surface area contributed by atoms with Crippen LogP contribution < -0.4 is 47.4 Å². The lowest BCUT2D eigenvalue weighted by atomic mass is 10.0. The van der Waals surface area contributed by atoms with Gasteiger partial charge in [-0.3, -0.25) is 0 Å². The minimum atomic E-state index is -0.758. The number of aromatic nitrogens is 1. The van der Waals surface area contributed by atoms with Crippen molar-refractivity contribution in [3.63, 3.8) is 0 Å². The van der Waals surface area contributed by atoms with Gasteiger partial charge in [0.25, 0.3) is 0 Å². The zero-order chi connectivity index (χ0) is 43.6. The third-order valence-corrected chi connectivity index (χ3v) is 9.10. The number of hydrogen-bond donors (Lipinski definition) is 0. The Morgan fingerprint density at radius 2 is 0.836 bits per heavy atom. The van der Waals surface area contributed by atoms with Gasteiger partial charge in [0.2, 0.25) is 5.88 Å². The molecule has 6 rings (SSSR count). The number of rotatable bonds is 15. The average molecular weight is 830 g/mol. The van der Waals surface area contributed by atoms with Crippen molar-refractivity contribution in [2.45, 2.75) is 6.92 Å². The highest BCUT2D eigenvalue weighted by atomic mass is 16.6. The molecule has 1 aromatic heterocycles. The summed E-state index contributed by atoms with van der Waals surface area (Å²) in [7, 11) is 8.63. The lowest BCUT2D eigenvalue weighted by Gasteiger charge is -2.13. The first-order valence-electron chi connectivity index (χ1n) is 18.2. The van der Waals surface area contributed by atoms with Crippen molar-refractivity contribution in [1.82, 2.24) is 4.98 Å². The molecule has 0 unspecified atom stereocenters. The molecule has 0 aliphatic rings. The van der Waals surface area contributed by atoms with Gasteiger partial charge in [0.05, 0.1) is 53.8 Å². The number of hydrogen-bond acceptors (Lipinski definition) is 15. The van der Waals surface area contributed by atoms with E-state index in [0.717, 1.165) is 11.1 Å². The fourth-order valence-electron chi connectivity index (χ4n) is 5.89. The van der Waals surface area contributed by atoms with Crippen molar-refractivity contribution < 1.29 is 66.5 Å². The second-order valence-electron chi connectivity index (χ2n) is 12.8. The zero-order valence-electron chi connectivity index (χ0n) is 34.1. The Bertz CT molecular complexity index is 2570. The van der Waals surface area contributed by atoms with Gasteiger partial charge in [-0.1, -0.05) is 18.2 Å². The maximum Gasteiger partial charge on any atom is 0.348 e. The van der Waals surface area contributed by atoms with E-state index in [1.54, 1.807) is 43.3 Å². The molecule has 0 bridgehead atoms. The van der Waals surface area contributed by atoms with Crippen LogP contribution in [0, 0.1) is 6.92 Å². The number of carbonyl (C=O) groups is 4. The number of nitrogens with zero attached hydrogens (tertiary/aromatic N) is 1. The summed E-state index contributed by atoms with van der Waals surface area (Å²) in [6.45, 7) is 1.81. The van der Waals surface area contributed by atoms with E-state index in [4.69, 9.17) is 47.4 Å². The van der Waals surface area contributed by atoms with E-state index >= 15 is 0 Å². The summed E-state index contributed by atoms with van der Waals surface area (Å²) >= 11 is 0. The topological polar surface area (TPSA) is 173 Å². The lowest BCUT2D eigenvalue weighted by molar-refractivity contribution is 0.0713. The molecule has 312 valence electrons. The molecule has 0 spiro atoms. The molecule has 0 radical (unpaired) electrons. The zero-order valence-corrected chi connectivity index (χ0v) is 34.1. The highest BCUT2D eigenvalue weighted by molar-refractivity contribution is 5.96. The van der Waals surface area contributed by atoms with Gasteiger partial charge in [-0.15, -0.1) is 0 Å². The van der Waals surface area contributed by atoms with Crippen LogP contribution in [0.1, 0.15) is 47.0 Å². The van der Waals surface area contributed by atoms with Crippen LogP contribution in [0.2, 0.25) is 0 Å². The van der Waals surface area contributed by atoms with Crippen molar-refractivity contribution in [2.75, 3.05) is 42.7 Å². The number of methoxy groups -OCH3 is 6. The summed E-state index contributed by atoms with van der Waals surface area (Å²) in [5, 5.41) is 0. The highest BCUT2D eigenvalue weighted by Gasteiger charge is 2.22. The molecule has 6 aromatic rings. The van der Waals surface area contributed by atoms with Crippen LogP contribution in [-0.4, -0.2) is 71.5 Å². The number of benzene rings is 5. The Kier molecular flexibility index (Phi) is 13.3. The molecule has 5 aromatic carbocycles. The van der Waals surface area contributed by atoms with Crippen LogP contribution in [0.3, 0.4) is 0 Å². The fraction of sp³-hybridized carbons (Fsp3) is 0.152. The first-order valence-corrected chi connectivity index (χ1v) is 18.2. The Hall–Kier alpha value is -8.07. The quantitative estimate of drug-likeness (QED) is 0.0719. The summed E-state index contributed by atoms with van der Waals surface area (Å²) in [5.74, 6) is -0.119. The second kappa shape index (κ2) is 19.1. The molecule has 1 heterocycles. The van der Waals surface area contributed by atoms with E-state index < -0.39 is 23.9 Å². The maximum absolute atomic E-state index is 13.0. The molecule has 0 amide bonds. The van der Waals surface area contributed by atoms with Crippen LogP contribution in [0.4, 0.5) is 0 Å². The van der Waals surface area contributed by atoms with Gasteiger partial charge in [0.1, 0.15) is 39.9 Å². The summed E-state index contributed by atoms with van der Waals surface area (Å²) in [5.41, 5.74) is 2.90. The van der Waals surface area contributed by atoms with Crippen molar-refractivity contribution >= 4 is 23.9 Å². The van der Waals surface area contributed by atoms with Gasteiger partial charge in [0, 0.05) is 36.5 Å². The molecule has 0 saturated heterocycles. The minimum Gasteiger partial charge on any atom is -0.496 e. The SMILES string of the molecule is COc1cc(OC)c(C(=O)Oc2ccc(C(=O)Oc3ccc(-c4ccc(OC(=O)c5ccc(OC(=O)c6cc(OC)c(OC)cc6OC)nc5)cc4)cc3C)cc2)cc1OC. The van der Waals surface area contributed by atoms with Crippen LogP contribution in [0.5, 0.6) is 57.6 Å². The Labute approximate surface area is 350 Å². The molecule has 0 aliphatic carbocycles. The molecule has 0 aliphatic heterocycles. The Morgan fingerprint density at radius 3 is 1.33 bits per heavy atom. The summed E-state index contributed by atoms with van der Waals surface area (Å²) in [6.07, 6.45) is 1.23.